The highest BCUT2D eigenvalue weighted by molar-refractivity contribution is 5.88. The first kappa shape index (κ1) is 44.5. The number of carbonyl (C=O) groups is 4. The van der Waals surface area contributed by atoms with E-state index in [1.807, 2.05) is 66.7 Å². The van der Waals surface area contributed by atoms with Crippen molar-refractivity contribution in [1.82, 2.24) is 0 Å². The Kier molecular flexibility index (Phi) is 13.8. The molecule has 15 nitrogen and oxygen atoms in total. The average molecular weight is 855 g/mol. The number of hydrogen-bond acceptors (Lipinski definition) is 15. The van der Waals surface area contributed by atoms with E-state index in [4.69, 9.17) is 52.1 Å². The predicted molar refractivity (Wildman–Crippen MR) is 220 cm³/mol. The van der Waals surface area contributed by atoms with Crippen LogP contribution in [-0.2, 0) is 71.3 Å². The summed E-state index contributed by atoms with van der Waals surface area (Å²) in [6, 6.07) is 27.2. The summed E-state index contributed by atoms with van der Waals surface area (Å²) in [6.45, 7) is 6.96. The predicted octanol–water partition coefficient (Wildman–Crippen LogP) is 5.56. The number of benzene rings is 3. The minimum absolute atomic E-state index is 0.0154. The van der Waals surface area contributed by atoms with Crippen molar-refractivity contribution >= 4 is 42.1 Å². The lowest BCUT2D eigenvalue weighted by Gasteiger charge is -2.53. The number of esters is 4. The fraction of sp³-hybridized carbons (Fsp3) is 0.404. The second kappa shape index (κ2) is 19.3. The first-order valence-corrected chi connectivity index (χ1v) is 20.3. The molecule has 0 amide bonds. The third-order valence-corrected chi connectivity index (χ3v) is 10.2. The molecule has 0 unspecified atom stereocenters. The fourth-order valence-electron chi connectivity index (χ4n) is 7.42. The molecule has 62 heavy (non-hydrogen) atoms. The summed E-state index contributed by atoms with van der Waals surface area (Å²) in [7, 11) is 0. The Hall–Kier alpha value is -5.52. The lowest BCUT2D eigenvalue weighted by molar-refractivity contribution is -0.454. The van der Waals surface area contributed by atoms with E-state index in [0.29, 0.717) is 11.1 Å². The van der Waals surface area contributed by atoms with E-state index in [2.05, 4.69) is 0 Å². The minimum Gasteiger partial charge on any atom is -0.460 e. The highest BCUT2D eigenvalue weighted by Gasteiger charge is 2.66. The van der Waals surface area contributed by atoms with Gasteiger partial charge in [0.05, 0.1) is 6.61 Å². The van der Waals surface area contributed by atoms with Gasteiger partial charge in [-0.1, -0.05) is 91.0 Å². The van der Waals surface area contributed by atoms with Crippen LogP contribution in [0.25, 0.3) is 18.2 Å². The van der Waals surface area contributed by atoms with Crippen LogP contribution in [0.5, 0.6) is 0 Å². The second-order valence-electron chi connectivity index (χ2n) is 15.9. The molecular weight excluding hydrogens is 805 g/mol. The van der Waals surface area contributed by atoms with Crippen LogP contribution in [0.3, 0.4) is 0 Å². The van der Waals surface area contributed by atoms with Crippen molar-refractivity contribution in [3.63, 3.8) is 0 Å². The molecule has 4 fully saturated rings. The summed E-state index contributed by atoms with van der Waals surface area (Å²) >= 11 is 0. The van der Waals surface area contributed by atoms with Gasteiger partial charge in [-0.25, -0.2) is 14.4 Å². The van der Waals surface area contributed by atoms with E-state index in [-0.39, 0.29) is 6.61 Å². The van der Waals surface area contributed by atoms with Gasteiger partial charge >= 0.3 is 23.9 Å². The highest BCUT2D eigenvalue weighted by atomic mass is 16.9. The standard InChI is InChI=1S/C47H50O15/c1-30(48)55-41-39-34(28-53-45(2,3)60-39)56-44-42(41)61-46(4,5)54-29-47(62-44)43(58-38(51)26-23-33-19-13-8-14-20-33)40(57-37(50)25-22-32-17-11-7-12-18-32)35(59-47)27-52-36(49)24-21-31-15-9-6-10-16-31/h6-26,34-35,39-44H,27-29H2,1-5H3/b24-21+,25-22+,26-23+/t34-,35+,39-,40+,41+,42-,43-,44-,47+/m1/s1. The van der Waals surface area contributed by atoms with Crippen LogP contribution in [-0.4, -0.2) is 110 Å². The maximum Gasteiger partial charge on any atom is 0.331 e. The SMILES string of the molecule is CC(=O)O[C@@H]1[C@H]2OC(C)(C)OC[C@@]3(O[C@H]2O[C@@H]2COC(C)(C)O[C@@H]12)O[C@@H](COC(=O)/C=C/c1ccccc1)[C@H](OC(=O)/C=C/c1ccccc1)[C@H]3OC(=O)/C=C/c1ccccc1. The molecule has 9 atom stereocenters. The van der Waals surface area contributed by atoms with Crippen molar-refractivity contribution in [3.8, 4) is 0 Å². The molecule has 0 saturated carbocycles. The van der Waals surface area contributed by atoms with E-state index in [1.54, 1.807) is 70.2 Å². The lowest BCUT2D eigenvalue weighted by Crippen LogP contribution is -2.70. The molecule has 0 N–H and O–H groups in total. The summed E-state index contributed by atoms with van der Waals surface area (Å²) in [6.07, 6.45) is -1.56. The maximum absolute atomic E-state index is 13.9. The van der Waals surface area contributed by atoms with Crippen molar-refractivity contribution in [2.24, 2.45) is 0 Å². The Morgan fingerprint density at radius 2 is 1.13 bits per heavy atom. The molecular formula is C47H50O15. The molecule has 4 saturated heterocycles. The number of hydrogen-bond donors (Lipinski definition) is 0. The molecule has 1 spiro atoms. The van der Waals surface area contributed by atoms with E-state index < -0.39 is 103 Å². The van der Waals surface area contributed by atoms with E-state index >= 15 is 0 Å². The van der Waals surface area contributed by atoms with Gasteiger partial charge in [0.1, 0.15) is 31.5 Å². The molecule has 0 radical (unpaired) electrons. The van der Waals surface area contributed by atoms with Crippen molar-refractivity contribution in [1.29, 1.82) is 0 Å². The average Bonchev–Trinajstić information content (AvgIpc) is 3.52. The van der Waals surface area contributed by atoms with Gasteiger partial charge in [0.25, 0.3) is 0 Å². The van der Waals surface area contributed by atoms with E-state index in [1.165, 1.54) is 25.2 Å². The van der Waals surface area contributed by atoms with Crippen molar-refractivity contribution < 1.29 is 71.3 Å². The Morgan fingerprint density at radius 3 is 1.69 bits per heavy atom. The highest BCUT2D eigenvalue weighted by Crippen LogP contribution is 2.45. The fourth-order valence-corrected chi connectivity index (χ4v) is 7.42. The first-order chi connectivity index (χ1) is 29.7. The van der Waals surface area contributed by atoms with Crippen LogP contribution >= 0.6 is 0 Å². The van der Waals surface area contributed by atoms with Crippen LogP contribution in [0, 0.1) is 0 Å². The Bertz CT molecular complexity index is 2120. The van der Waals surface area contributed by atoms with Crippen LogP contribution < -0.4 is 0 Å². The van der Waals surface area contributed by atoms with Gasteiger partial charge in [-0.05, 0) is 62.6 Å². The van der Waals surface area contributed by atoms with Crippen molar-refractivity contribution in [2.75, 3.05) is 19.8 Å². The largest absolute Gasteiger partial charge is 0.460 e. The topological polar surface area (TPSA) is 170 Å². The van der Waals surface area contributed by atoms with Crippen LogP contribution in [0.4, 0.5) is 0 Å². The molecule has 3 aromatic carbocycles. The second-order valence-corrected chi connectivity index (χ2v) is 15.9. The van der Waals surface area contributed by atoms with E-state index in [9.17, 15) is 19.2 Å². The van der Waals surface area contributed by atoms with Gasteiger partial charge in [0.2, 0.25) is 5.79 Å². The quantitative estimate of drug-likeness (QED) is 0.133. The molecule has 0 aromatic heterocycles. The molecule has 7 rings (SSSR count). The summed E-state index contributed by atoms with van der Waals surface area (Å²) in [5.74, 6) is -7.73. The Labute approximate surface area is 359 Å². The number of carbonyl (C=O) groups excluding carboxylic acids is 4. The molecule has 4 heterocycles. The summed E-state index contributed by atoms with van der Waals surface area (Å²) in [5.41, 5.74) is 2.18. The Balaban J connectivity index is 1.26. The summed E-state index contributed by atoms with van der Waals surface area (Å²) < 4.78 is 68.6. The number of fused-ring (bicyclic) bond motifs is 2. The maximum atomic E-state index is 13.9. The van der Waals surface area contributed by atoms with Crippen molar-refractivity contribution in [3.05, 3.63) is 126 Å². The molecule has 328 valence electrons. The molecule has 0 aliphatic carbocycles. The zero-order valence-corrected chi connectivity index (χ0v) is 35.0. The minimum atomic E-state index is -2.14. The van der Waals surface area contributed by atoms with Gasteiger partial charge in [-0.2, -0.15) is 0 Å². The molecule has 0 bridgehead atoms. The van der Waals surface area contributed by atoms with Crippen LogP contribution in [0.15, 0.2) is 109 Å². The monoisotopic (exact) mass is 854 g/mol. The lowest BCUT2D eigenvalue weighted by atomic mass is 9.96. The summed E-state index contributed by atoms with van der Waals surface area (Å²) in [4.78, 5) is 53.4. The smallest absolute Gasteiger partial charge is 0.331 e. The van der Waals surface area contributed by atoms with Gasteiger partial charge in [-0.3, -0.25) is 4.79 Å². The first-order valence-electron chi connectivity index (χ1n) is 20.3. The van der Waals surface area contributed by atoms with Gasteiger partial charge < -0.3 is 52.1 Å². The van der Waals surface area contributed by atoms with E-state index in [0.717, 1.165) is 5.56 Å². The number of ether oxygens (including phenoxy) is 11. The molecule has 15 heteroatoms. The van der Waals surface area contributed by atoms with Crippen LogP contribution in [0.1, 0.15) is 51.3 Å². The molecule has 3 aromatic rings. The Morgan fingerprint density at radius 1 is 0.613 bits per heavy atom. The van der Waals surface area contributed by atoms with Gasteiger partial charge in [0.15, 0.2) is 42.3 Å². The van der Waals surface area contributed by atoms with Crippen LogP contribution in [0.2, 0.25) is 0 Å². The van der Waals surface area contributed by atoms with Gasteiger partial charge in [0, 0.05) is 25.2 Å². The number of rotatable bonds is 11. The summed E-state index contributed by atoms with van der Waals surface area (Å²) in [5, 5.41) is 0. The third kappa shape index (κ3) is 11.3. The van der Waals surface area contributed by atoms with Crippen molar-refractivity contribution in [2.45, 2.75) is 101 Å². The molecule has 4 aliphatic rings. The zero-order valence-electron chi connectivity index (χ0n) is 35.0. The third-order valence-electron chi connectivity index (χ3n) is 10.2. The normalized spacial score (nSPS) is 30.2. The zero-order chi connectivity index (χ0) is 43.9. The molecule has 4 aliphatic heterocycles. The van der Waals surface area contributed by atoms with Gasteiger partial charge in [-0.15, -0.1) is 0 Å².